The zero-order valence-corrected chi connectivity index (χ0v) is 28.4. The van der Waals surface area contributed by atoms with Crippen molar-refractivity contribution in [1.29, 1.82) is 0 Å². The maximum Gasteiger partial charge on any atom is 0.344 e. The van der Waals surface area contributed by atoms with Gasteiger partial charge in [0.1, 0.15) is 6.10 Å². The summed E-state index contributed by atoms with van der Waals surface area (Å²) < 4.78 is 36.4. The first kappa shape index (κ1) is 35.8. The molecule has 3 heterocycles. The second-order valence-electron chi connectivity index (χ2n) is 12.3. The molecule has 0 unspecified atom stereocenters. The second-order valence-corrected chi connectivity index (χ2v) is 14.8. The fraction of sp³-hybridized carbons (Fsp3) is 0.516. The Bertz CT molecular complexity index is 1740. The van der Waals surface area contributed by atoms with E-state index in [1.807, 2.05) is 0 Å². The standard InChI is InChI=1S/C31H39ClN8O8S/c32-25-27(34)37-26(33)24(36-25)28(43)38-30-35-18-31(39-30)11-13-40(14-12-31)29(44)19-6-4-9-21(16-19)49(45,46)15-5-10-22(41)47-17-23(42)48-20-7-2-1-3-8-20/h4,6,9,16,20H,1-3,5,7-8,10-15,17-18H2,(H4,33,34,37)(H2,35,38,39,43). The van der Waals surface area contributed by atoms with E-state index < -0.39 is 39.8 Å². The number of aliphatic imine (C=N–C) groups is 1. The number of anilines is 2. The molecule has 5 rings (SSSR count). The Hall–Kier alpha value is -4.51. The average molecular weight is 719 g/mol. The molecule has 1 aromatic heterocycles. The van der Waals surface area contributed by atoms with E-state index in [1.165, 1.54) is 18.2 Å². The number of rotatable bonds is 10. The van der Waals surface area contributed by atoms with Crippen molar-refractivity contribution in [3.8, 4) is 0 Å². The molecule has 1 aliphatic carbocycles. The third-order valence-electron chi connectivity index (χ3n) is 8.72. The zero-order chi connectivity index (χ0) is 35.2. The van der Waals surface area contributed by atoms with Crippen LogP contribution in [0.4, 0.5) is 11.6 Å². The van der Waals surface area contributed by atoms with Crippen LogP contribution >= 0.6 is 11.6 Å². The molecule has 2 amide bonds. The van der Waals surface area contributed by atoms with Gasteiger partial charge in [-0.1, -0.05) is 24.1 Å². The molecule has 0 atom stereocenters. The molecule has 16 nitrogen and oxygen atoms in total. The minimum absolute atomic E-state index is 0.0166. The number of nitrogen functional groups attached to an aromatic ring is 2. The molecule has 1 spiro atoms. The lowest BCUT2D eigenvalue weighted by atomic mass is 9.88. The summed E-state index contributed by atoms with van der Waals surface area (Å²) in [6, 6.07) is 5.80. The molecule has 3 aliphatic rings. The number of likely N-dealkylation sites (tertiary alicyclic amines) is 1. The number of sulfone groups is 1. The summed E-state index contributed by atoms with van der Waals surface area (Å²) in [6.45, 7) is 0.583. The predicted octanol–water partition coefficient (Wildman–Crippen LogP) is 1.63. The van der Waals surface area contributed by atoms with Crippen molar-refractivity contribution in [2.45, 2.75) is 74.3 Å². The molecule has 49 heavy (non-hydrogen) atoms. The third-order valence-corrected chi connectivity index (χ3v) is 10.8. The Labute approximate surface area is 288 Å². The van der Waals surface area contributed by atoms with Gasteiger partial charge in [-0.3, -0.25) is 24.7 Å². The number of nitrogens with zero attached hydrogens (tertiary/aromatic N) is 4. The van der Waals surface area contributed by atoms with Gasteiger partial charge in [-0.25, -0.2) is 23.2 Å². The Kier molecular flexibility index (Phi) is 11.2. The maximum absolute atomic E-state index is 13.4. The molecule has 0 bridgehead atoms. The number of benzene rings is 1. The number of halogens is 1. The monoisotopic (exact) mass is 718 g/mol. The number of guanidine groups is 1. The minimum atomic E-state index is -3.81. The number of ether oxygens (including phenoxy) is 2. The van der Waals surface area contributed by atoms with Gasteiger partial charge >= 0.3 is 11.9 Å². The number of hydrogen-bond acceptors (Lipinski definition) is 14. The number of nitrogens with one attached hydrogen (secondary N) is 2. The number of carbonyl (C=O) groups excluding carboxylic acids is 4. The van der Waals surface area contributed by atoms with Gasteiger partial charge in [0.05, 0.1) is 22.7 Å². The lowest BCUT2D eigenvalue weighted by molar-refractivity contribution is -0.163. The number of amides is 2. The van der Waals surface area contributed by atoms with Crippen LogP contribution in [0.1, 0.15) is 78.6 Å². The van der Waals surface area contributed by atoms with Gasteiger partial charge in [-0.2, -0.15) is 0 Å². The summed E-state index contributed by atoms with van der Waals surface area (Å²) in [4.78, 5) is 63.8. The molecule has 1 saturated heterocycles. The molecular weight excluding hydrogens is 680 g/mol. The molecule has 2 fully saturated rings. The largest absolute Gasteiger partial charge is 0.460 e. The molecule has 1 aromatic carbocycles. The van der Waals surface area contributed by atoms with E-state index in [2.05, 4.69) is 25.6 Å². The molecule has 2 aliphatic heterocycles. The van der Waals surface area contributed by atoms with Crippen LogP contribution in [0.3, 0.4) is 0 Å². The van der Waals surface area contributed by atoms with Crippen molar-refractivity contribution < 1.29 is 37.1 Å². The van der Waals surface area contributed by atoms with E-state index >= 15 is 0 Å². The summed E-state index contributed by atoms with van der Waals surface area (Å²) in [5.74, 6) is -2.67. The van der Waals surface area contributed by atoms with Gasteiger partial charge < -0.3 is 31.2 Å². The van der Waals surface area contributed by atoms with Crippen LogP contribution in [0.5, 0.6) is 0 Å². The topological polar surface area (TPSA) is 238 Å². The Morgan fingerprint density at radius 3 is 2.51 bits per heavy atom. The number of hydrogen-bond donors (Lipinski definition) is 4. The first-order valence-electron chi connectivity index (χ1n) is 16.0. The SMILES string of the molecule is Nc1nc(N)c(C(=O)NC2=NCC3(CCN(C(=O)c4cccc(S(=O)(=O)CCCC(=O)OCC(=O)OC5CCCCC5)c4)CC3)N2)nc1Cl. The first-order chi connectivity index (χ1) is 23.3. The minimum Gasteiger partial charge on any atom is -0.460 e. The summed E-state index contributed by atoms with van der Waals surface area (Å²) in [6.07, 6.45) is 5.40. The predicted molar refractivity (Wildman–Crippen MR) is 178 cm³/mol. The van der Waals surface area contributed by atoms with Crippen molar-refractivity contribution >= 4 is 62.8 Å². The lowest BCUT2D eigenvalue weighted by Gasteiger charge is -2.39. The van der Waals surface area contributed by atoms with Crippen LogP contribution in [-0.2, 0) is 28.9 Å². The number of piperidine rings is 1. The van der Waals surface area contributed by atoms with Crippen LogP contribution in [0.15, 0.2) is 34.2 Å². The molecular formula is C31H39ClN8O8S. The number of nitrogens with two attached hydrogens (primary N) is 2. The highest BCUT2D eigenvalue weighted by molar-refractivity contribution is 7.91. The van der Waals surface area contributed by atoms with E-state index in [-0.39, 0.29) is 69.5 Å². The number of esters is 2. The lowest BCUT2D eigenvalue weighted by Crippen LogP contribution is -2.57. The molecule has 0 radical (unpaired) electrons. The molecule has 18 heteroatoms. The fourth-order valence-electron chi connectivity index (χ4n) is 5.97. The zero-order valence-electron chi connectivity index (χ0n) is 26.8. The highest BCUT2D eigenvalue weighted by Gasteiger charge is 2.40. The third kappa shape index (κ3) is 9.14. The summed E-state index contributed by atoms with van der Waals surface area (Å²) in [5, 5.41) is 5.70. The van der Waals surface area contributed by atoms with Crippen LogP contribution in [-0.4, -0.2) is 96.6 Å². The van der Waals surface area contributed by atoms with Crippen molar-refractivity contribution in [2.24, 2.45) is 4.99 Å². The number of carbonyl (C=O) groups is 4. The molecule has 2 aromatic rings. The van der Waals surface area contributed by atoms with E-state index in [0.29, 0.717) is 32.5 Å². The van der Waals surface area contributed by atoms with Gasteiger partial charge in [-0.15, -0.1) is 0 Å². The quantitative estimate of drug-likeness (QED) is 0.256. The van der Waals surface area contributed by atoms with Crippen LogP contribution in [0.25, 0.3) is 0 Å². The smallest absolute Gasteiger partial charge is 0.344 e. The van der Waals surface area contributed by atoms with Crippen LogP contribution in [0, 0.1) is 0 Å². The second kappa shape index (κ2) is 15.4. The van der Waals surface area contributed by atoms with Gasteiger partial charge in [0.2, 0.25) is 0 Å². The highest BCUT2D eigenvalue weighted by atomic mass is 35.5. The maximum atomic E-state index is 13.4. The van der Waals surface area contributed by atoms with Gasteiger partial charge in [0.15, 0.2) is 44.9 Å². The average Bonchev–Trinajstić information content (AvgIpc) is 3.47. The summed E-state index contributed by atoms with van der Waals surface area (Å²) in [7, 11) is -3.81. The Morgan fingerprint density at radius 1 is 1.04 bits per heavy atom. The summed E-state index contributed by atoms with van der Waals surface area (Å²) in [5.41, 5.74) is 10.9. The fourth-order valence-corrected chi connectivity index (χ4v) is 7.45. The summed E-state index contributed by atoms with van der Waals surface area (Å²) >= 11 is 5.88. The van der Waals surface area contributed by atoms with E-state index in [1.54, 1.807) is 11.0 Å². The van der Waals surface area contributed by atoms with E-state index in [0.717, 1.165) is 32.1 Å². The Morgan fingerprint density at radius 2 is 1.78 bits per heavy atom. The van der Waals surface area contributed by atoms with Crippen molar-refractivity contribution in [1.82, 2.24) is 25.5 Å². The number of aromatic nitrogens is 2. The normalized spacial score (nSPS) is 17.6. The van der Waals surface area contributed by atoms with E-state index in [4.69, 9.17) is 32.5 Å². The Balaban J connectivity index is 1.06. The van der Waals surface area contributed by atoms with Gasteiger partial charge in [0.25, 0.3) is 11.8 Å². The van der Waals surface area contributed by atoms with Gasteiger partial charge in [-0.05, 0) is 63.1 Å². The molecule has 264 valence electrons. The van der Waals surface area contributed by atoms with Crippen molar-refractivity contribution in [3.05, 3.63) is 40.7 Å². The molecule has 1 saturated carbocycles. The van der Waals surface area contributed by atoms with Crippen LogP contribution in [0.2, 0.25) is 5.15 Å². The van der Waals surface area contributed by atoms with Crippen molar-refractivity contribution in [2.75, 3.05) is 43.5 Å². The van der Waals surface area contributed by atoms with Crippen molar-refractivity contribution in [3.63, 3.8) is 0 Å². The first-order valence-corrected chi connectivity index (χ1v) is 18.1. The highest BCUT2D eigenvalue weighted by Crippen LogP contribution is 2.28. The van der Waals surface area contributed by atoms with Crippen LogP contribution < -0.4 is 22.1 Å². The molecule has 6 N–H and O–H groups in total. The van der Waals surface area contributed by atoms with E-state index in [9.17, 15) is 27.6 Å². The van der Waals surface area contributed by atoms with Gasteiger partial charge in [0, 0.05) is 25.1 Å².